The van der Waals surface area contributed by atoms with Crippen molar-refractivity contribution < 1.29 is 9.53 Å². The van der Waals surface area contributed by atoms with Gasteiger partial charge in [0.05, 0.1) is 12.6 Å². The molecule has 0 bridgehead atoms. The van der Waals surface area contributed by atoms with Crippen LogP contribution in [0.3, 0.4) is 0 Å². The molecule has 0 saturated carbocycles. The maximum absolute atomic E-state index is 13.1. The number of carbonyl (C=O) groups is 1. The van der Waals surface area contributed by atoms with Crippen LogP contribution in [0, 0.1) is 6.92 Å². The summed E-state index contributed by atoms with van der Waals surface area (Å²) in [6.45, 7) is 3.97. The first kappa shape index (κ1) is 16.5. The summed E-state index contributed by atoms with van der Waals surface area (Å²) in [7, 11) is 0. The lowest BCUT2D eigenvalue weighted by molar-refractivity contribution is 0.0655. The SMILES string of the molecule is Cc1ccc(N)cc1C(=O)N(CCc1ccccc1)C1CCOC1. The quantitative estimate of drug-likeness (QED) is 0.860. The molecule has 1 aliphatic rings. The van der Waals surface area contributed by atoms with Gasteiger partial charge in [0.1, 0.15) is 0 Å². The molecule has 0 aromatic heterocycles. The molecule has 1 unspecified atom stereocenters. The largest absolute Gasteiger partial charge is 0.399 e. The van der Waals surface area contributed by atoms with Crippen LogP contribution in [-0.4, -0.2) is 36.6 Å². The van der Waals surface area contributed by atoms with Crippen LogP contribution in [0.25, 0.3) is 0 Å². The van der Waals surface area contributed by atoms with E-state index in [0.29, 0.717) is 24.4 Å². The molecule has 0 radical (unpaired) electrons. The standard InChI is InChI=1S/C20H24N2O2/c1-15-7-8-17(21)13-19(15)20(23)22(18-10-12-24-14-18)11-9-16-5-3-2-4-6-16/h2-8,13,18H,9-12,14,21H2,1H3. The van der Waals surface area contributed by atoms with Crippen LogP contribution in [0.1, 0.15) is 27.9 Å². The molecule has 3 rings (SSSR count). The monoisotopic (exact) mass is 324 g/mol. The Hall–Kier alpha value is -2.33. The molecular weight excluding hydrogens is 300 g/mol. The topological polar surface area (TPSA) is 55.6 Å². The number of hydrogen-bond donors (Lipinski definition) is 1. The minimum absolute atomic E-state index is 0.0474. The zero-order chi connectivity index (χ0) is 16.9. The van der Waals surface area contributed by atoms with Crippen LogP contribution in [0.2, 0.25) is 0 Å². The number of rotatable bonds is 5. The molecule has 1 saturated heterocycles. The zero-order valence-corrected chi connectivity index (χ0v) is 14.1. The predicted octanol–water partition coefficient (Wildman–Crippen LogP) is 3.05. The second kappa shape index (κ2) is 7.49. The van der Waals surface area contributed by atoms with Crippen molar-refractivity contribution in [2.24, 2.45) is 0 Å². The van der Waals surface area contributed by atoms with Gasteiger partial charge in [-0.3, -0.25) is 4.79 Å². The van der Waals surface area contributed by atoms with Gasteiger partial charge in [-0.25, -0.2) is 0 Å². The Morgan fingerprint density at radius 1 is 1.25 bits per heavy atom. The summed E-state index contributed by atoms with van der Waals surface area (Å²) >= 11 is 0. The molecular formula is C20H24N2O2. The maximum atomic E-state index is 13.1. The summed E-state index contributed by atoms with van der Waals surface area (Å²) in [4.78, 5) is 15.1. The third kappa shape index (κ3) is 3.77. The fourth-order valence-corrected chi connectivity index (χ4v) is 3.14. The van der Waals surface area contributed by atoms with E-state index in [0.717, 1.165) is 25.0 Å². The molecule has 24 heavy (non-hydrogen) atoms. The van der Waals surface area contributed by atoms with Crippen molar-refractivity contribution in [2.45, 2.75) is 25.8 Å². The van der Waals surface area contributed by atoms with E-state index in [4.69, 9.17) is 10.5 Å². The fourth-order valence-electron chi connectivity index (χ4n) is 3.14. The first-order valence-corrected chi connectivity index (χ1v) is 8.44. The summed E-state index contributed by atoms with van der Waals surface area (Å²) in [5, 5.41) is 0. The minimum atomic E-state index is 0.0474. The van der Waals surface area contributed by atoms with E-state index in [2.05, 4.69) is 12.1 Å². The van der Waals surface area contributed by atoms with E-state index in [1.807, 2.05) is 42.2 Å². The molecule has 2 N–H and O–H groups in total. The highest BCUT2D eigenvalue weighted by atomic mass is 16.5. The van der Waals surface area contributed by atoms with Gasteiger partial charge in [-0.2, -0.15) is 0 Å². The average Bonchev–Trinajstić information content (AvgIpc) is 3.12. The van der Waals surface area contributed by atoms with E-state index >= 15 is 0 Å². The molecule has 126 valence electrons. The van der Waals surface area contributed by atoms with Gasteiger partial charge in [-0.1, -0.05) is 36.4 Å². The van der Waals surface area contributed by atoms with Crippen LogP contribution >= 0.6 is 0 Å². The van der Waals surface area contributed by atoms with Crippen LogP contribution < -0.4 is 5.73 Å². The summed E-state index contributed by atoms with van der Waals surface area (Å²) in [5.41, 5.74) is 9.39. The Kier molecular flexibility index (Phi) is 5.16. The highest BCUT2D eigenvalue weighted by Gasteiger charge is 2.28. The molecule has 0 aliphatic carbocycles. The Morgan fingerprint density at radius 3 is 2.75 bits per heavy atom. The Bertz CT molecular complexity index is 694. The number of nitrogens with two attached hydrogens (primary N) is 1. The fraction of sp³-hybridized carbons (Fsp3) is 0.350. The minimum Gasteiger partial charge on any atom is -0.399 e. The normalized spacial score (nSPS) is 17.0. The van der Waals surface area contributed by atoms with Crippen LogP contribution in [0.5, 0.6) is 0 Å². The number of amides is 1. The molecule has 1 heterocycles. The first-order valence-electron chi connectivity index (χ1n) is 8.44. The van der Waals surface area contributed by atoms with Crippen molar-refractivity contribution in [3.05, 3.63) is 65.2 Å². The number of nitrogen functional groups attached to an aromatic ring is 1. The Balaban J connectivity index is 1.81. The van der Waals surface area contributed by atoms with E-state index in [1.54, 1.807) is 6.07 Å². The van der Waals surface area contributed by atoms with Crippen molar-refractivity contribution in [3.63, 3.8) is 0 Å². The molecule has 0 spiro atoms. The van der Waals surface area contributed by atoms with Gasteiger partial charge >= 0.3 is 0 Å². The van der Waals surface area contributed by atoms with E-state index in [1.165, 1.54) is 5.56 Å². The van der Waals surface area contributed by atoms with Gasteiger partial charge < -0.3 is 15.4 Å². The summed E-state index contributed by atoms with van der Waals surface area (Å²) in [6.07, 6.45) is 1.73. The number of ether oxygens (including phenoxy) is 1. The smallest absolute Gasteiger partial charge is 0.254 e. The van der Waals surface area contributed by atoms with Crippen LogP contribution in [0.4, 0.5) is 5.69 Å². The molecule has 4 nitrogen and oxygen atoms in total. The Labute approximate surface area is 143 Å². The summed E-state index contributed by atoms with van der Waals surface area (Å²) < 4.78 is 5.51. The van der Waals surface area contributed by atoms with E-state index in [9.17, 15) is 4.79 Å². The van der Waals surface area contributed by atoms with Crippen LogP contribution in [-0.2, 0) is 11.2 Å². The number of hydrogen-bond acceptors (Lipinski definition) is 3. The lowest BCUT2D eigenvalue weighted by Crippen LogP contribution is -2.42. The van der Waals surface area contributed by atoms with Crippen LogP contribution in [0.15, 0.2) is 48.5 Å². The first-order chi connectivity index (χ1) is 11.6. The zero-order valence-electron chi connectivity index (χ0n) is 14.1. The highest BCUT2D eigenvalue weighted by molar-refractivity contribution is 5.96. The molecule has 1 fully saturated rings. The molecule has 2 aromatic rings. The molecule has 4 heteroatoms. The number of carbonyl (C=O) groups excluding carboxylic acids is 1. The van der Waals surface area contributed by atoms with Crippen molar-refractivity contribution in [1.82, 2.24) is 4.90 Å². The van der Waals surface area contributed by atoms with Gasteiger partial charge in [-0.15, -0.1) is 0 Å². The number of benzene rings is 2. The molecule has 2 aromatic carbocycles. The van der Waals surface area contributed by atoms with E-state index in [-0.39, 0.29) is 11.9 Å². The Morgan fingerprint density at radius 2 is 2.04 bits per heavy atom. The lowest BCUT2D eigenvalue weighted by Gasteiger charge is -2.29. The number of nitrogens with zero attached hydrogens (tertiary/aromatic N) is 1. The maximum Gasteiger partial charge on any atom is 0.254 e. The van der Waals surface area contributed by atoms with E-state index < -0.39 is 0 Å². The predicted molar refractivity (Wildman–Crippen MR) is 96.0 cm³/mol. The number of anilines is 1. The average molecular weight is 324 g/mol. The van der Waals surface area contributed by atoms with Crippen molar-refractivity contribution in [3.8, 4) is 0 Å². The van der Waals surface area contributed by atoms with Gasteiger partial charge in [0, 0.05) is 24.4 Å². The van der Waals surface area contributed by atoms with Crippen molar-refractivity contribution >= 4 is 11.6 Å². The van der Waals surface area contributed by atoms with Gasteiger partial charge in [0.15, 0.2) is 0 Å². The molecule has 1 aliphatic heterocycles. The summed E-state index contributed by atoms with van der Waals surface area (Å²) in [6, 6.07) is 15.9. The second-order valence-electron chi connectivity index (χ2n) is 6.33. The molecule has 1 atom stereocenters. The second-order valence-corrected chi connectivity index (χ2v) is 6.33. The van der Waals surface area contributed by atoms with Crippen molar-refractivity contribution in [2.75, 3.05) is 25.5 Å². The summed E-state index contributed by atoms with van der Waals surface area (Å²) in [5.74, 6) is 0.0474. The molecule has 1 amide bonds. The lowest BCUT2D eigenvalue weighted by atomic mass is 10.0. The third-order valence-corrected chi connectivity index (χ3v) is 4.58. The van der Waals surface area contributed by atoms with Gasteiger partial charge in [0.25, 0.3) is 5.91 Å². The third-order valence-electron chi connectivity index (χ3n) is 4.58. The van der Waals surface area contributed by atoms with Gasteiger partial charge in [-0.05, 0) is 43.0 Å². The van der Waals surface area contributed by atoms with Gasteiger partial charge in [0.2, 0.25) is 0 Å². The van der Waals surface area contributed by atoms with Crippen molar-refractivity contribution in [1.29, 1.82) is 0 Å². The highest BCUT2D eigenvalue weighted by Crippen LogP contribution is 2.20. The number of aryl methyl sites for hydroxylation is 1.